The molecule has 0 radical (unpaired) electrons. The number of benzene rings is 1. The van der Waals surface area contributed by atoms with Gasteiger partial charge in [0.1, 0.15) is 5.60 Å². The number of hydrogen-bond acceptors (Lipinski definition) is 3. The SMILES string of the molecule is CCCNCC(O)(Cn1ccnc1)c1ccc(Cl)cc1Cl. The molecule has 1 unspecified atom stereocenters. The third-order valence-corrected chi connectivity index (χ3v) is 3.83. The maximum atomic E-state index is 11.1. The second kappa shape index (κ2) is 7.27. The fourth-order valence-corrected chi connectivity index (χ4v) is 2.84. The lowest BCUT2D eigenvalue weighted by atomic mass is 9.93. The van der Waals surface area contributed by atoms with Crippen molar-refractivity contribution in [1.82, 2.24) is 14.9 Å². The van der Waals surface area contributed by atoms with E-state index in [1.165, 1.54) is 0 Å². The Balaban J connectivity index is 2.29. The van der Waals surface area contributed by atoms with E-state index in [0.717, 1.165) is 13.0 Å². The van der Waals surface area contributed by atoms with Crippen LogP contribution in [-0.2, 0) is 12.1 Å². The number of rotatable bonds is 7. The van der Waals surface area contributed by atoms with Gasteiger partial charge in [0.05, 0.1) is 12.9 Å². The predicted octanol–water partition coefficient (Wildman–Crippen LogP) is 3.08. The van der Waals surface area contributed by atoms with Gasteiger partial charge in [-0.15, -0.1) is 0 Å². The van der Waals surface area contributed by atoms with Crippen LogP contribution in [0.3, 0.4) is 0 Å². The Morgan fingerprint density at radius 1 is 1.38 bits per heavy atom. The minimum absolute atomic E-state index is 0.366. The summed E-state index contributed by atoms with van der Waals surface area (Å²) in [5, 5.41) is 15.4. The van der Waals surface area contributed by atoms with Gasteiger partial charge in [0.2, 0.25) is 0 Å². The van der Waals surface area contributed by atoms with Crippen molar-refractivity contribution in [3.8, 4) is 0 Å². The quantitative estimate of drug-likeness (QED) is 0.768. The number of nitrogens with zero attached hydrogens (tertiary/aromatic N) is 2. The van der Waals surface area contributed by atoms with Crippen molar-refractivity contribution in [1.29, 1.82) is 0 Å². The number of nitrogens with one attached hydrogen (secondary N) is 1. The highest BCUT2D eigenvalue weighted by atomic mass is 35.5. The average molecular weight is 328 g/mol. The Morgan fingerprint density at radius 2 is 2.19 bits per heavy atom. The largest absolute Gasteiger partial charge is 0.382 e. The second-order valence-corrected chi connectivity index (χ2v) is 5.91. The minimum atomic E-state index is -1.13. The zero-order valence-electron chi connectivity index (χ0n) is 11.9. The standard InChI is InChI=1S/C15H19Cl2N3O/c1-2-5-18-9-15(21,10-20-7-6-19-11-20)13-4-3-12(16)8-14(13)17/h3-4,6-8,11,18,21H,2,5,9-10H2,1H3. The van der Waals surface area contributed by atoms with E-state index in [9.17, 15) is 5.11 Å². The number of halogens is 2. The molecule has 2 N–H and O–H groups in total. The van der Waals surface area contributed by atoms with Crippen molar-refractivity contribution in [2.24, 2.45) is 0 Å². The van der Waals surface area contributed by atoms with Gasteiger partial charge in [-0.1, -0.05) is 36.2 Å². The van der Waals surface area contributed by atoms with Crippen molar-refractivity contribution in [3.63, 3.8) is 0 Å². The molecule has 2 aromatic rings. The van der Waals surface area contributed by atoms with E-state index in [2.05, 4.69) is 17.2 Å². The summed E-state index contributed by atoms with van der Waals surface area (Å²) in [6, 6.07) is 5.16. The predicted molar refractivity (Wildman–Crippen MR) is 85.7 cm³/mol. The zero-order valence-corrected chi connectivity index (χ0v) is 13.4. The molecule has 1 aromatic carbocycles. The first-order valence-corrected chi connectivity index (χ1v) is 7.65. The fourth-order valence-electron chi connectivity index (χ4n) is 2.26. The molecule has 2 rings (SSSR count). The summed E-state index contributed by atoms with van der Waals surface area (Å²) in [4.78, 5) is 4.01. The maximum absolute atomic E-state index is 11.1. The van der Waals surface area contributed by atoms with Gasteiger partial charge in [-0.25, -0.2) is 4.98 Å². The molecule has 1 atom stereocenters. The molecule has 0 aliphatic rings. The van der Waals surface area contributed by atoms with Gasteiger partial charge in [-0.3, -0.25) is 0 Å². The molecule has 0 fully saturated rings. The number of aromatic nitrogens is 2. The first-order chi connectivity index (χ1) is 10.0. The molecule has 4 nitrogen and oxygen atoms in total. The first kappa shape index (κ1) is 16.3. The van der Waals surface area contributed by atoms with Crippen LogP contribution >= 0.6 is 23.2 Å². The van der Waals surface area contributed by atoms with Crippen LogP contribution in [0.25, 0.3) is 0 Å². The molecule has 0 saturated carbocycles. The second-order valence-electron chi connectivity index (χ2n) is 5.07. The molecule has 0 aliphatic heterocycles. The van der Waals surface area contributed by atoms with E-state index < -0.39 is 5.60 Å². The third-order valence-electron chi connectivity index (χ3n) is 3.28. The molecule has 0 spiro atoms. The maximum Gasteiger partial charge on any atom is 0.121 e. The van der Waals surface area contributed by atoms with Gasteiger partial charge < -0.3 is 15.0 Å². The minimum Gasteiger partial charge on any atom is -0.382 e. The molecule has 6 heteroatoms. The van der Waals surface area contributed by atoms with E-state index in [1.807, 2.05) is 10.8 Å². The van der Waals surface area contributed by atoms with Crippen molar-refractivity contribution >= 4 is 23.2 Å². The van der Waals surface area contributed by atoms with E-state index in [-0.39, 0.29) is 0 Å². The van der Waals surface area contributed by atoms with Gasteiger partial charge in [-0.05, 0) is 25.1 Å². The highest BCUT2D eigenvalue weighted by molar-refractivity contribution is 6.35. The van der Waals surface area contributed by atoms with Gasteiger partial charge in [0.15, 0.2) is 0 Å². The zero-order chi connectivity index (χ0) is 15.3. The Morgan fingerprint density at radius 3 is 2.81 bits per heavy atom. The van der Waals surface area contributed by atoms with Crippen LogP contribution in [-0.4, -0.2) is 27.7 Å². The lowest BCUT2D eigenvalue weighted by Crippen LogP contribution is -2.42. The fraction of sp³-hybridized carbons (Fsp3) is 0.400. The molecular formula is C15H19Cl2N3O. The average Bonchev–Trinajstić information content (AvgIpc) is 2.91. The van der Waals surface area contributed by atoms with Gasteiger partial charge in [0, 0.05) is 34.5 Å². The number of aliphatic hydroxyl groups is 1. The Labute approximate surface area is 134 Å². The van der Waals surface area contributed by atoms with E-state index in [1.54, 1.807) is 30.7 Å². The van der Waals surface area contributed by atoms with Gasteiger partial charge in [0.25, 0.3) is 0 Å². The normalized spacial score (nSPS) is 14.1. The van der Waals surface area contributed by atoms with Gasteiger partial charge in [-0.2, -0.15) is 0 Å². The van der Waals surface area contributed by atoms with Crippen LogP contribution in [0.15, 0.2) is 36.9 Å². The van der Waals surface area contributed by atoms with Crippen molar-refractivity contribution in [2.75, 3.05) is 13.1 Å². The van der Waals surface area contributed by atoms with Crippen molar-refractivity contribution in [3.05, 3.63) is 52.5 Å². The number of imidazole rings is 1. The van der Waals surface area contributed by atoms with Crippen LogP contribution in [0, 0.1) is 0 Å². The van der Waals surface area contributed by atoms with Crippen molar-refractivity contribution in [2.45, 2.75) is 25.5 Å². The van der Waals surface area contributed by atoms with Crippen LogP contribution in [0.4, 0.5) is 0 Å². The third kappa shape index (κ3) is 4.20. The molecular weight excluding hydrogens is 309 g/mol. The Kier molecular flexibility index (Phi) is 5.65. The summed E-state index contributed by atoms with van der Waals surface area (Å²) in [6.45, 7) is 3.68. The highest BCUT2D eigenvalue weighted by Gasteiger charge is 2.31. The van der Waals surface area contributed by atoms with E-state index in [4.69, 9.17) is 23.2 Å². The van der Waals surface area contributed by atoms with Crippen LogP contribution in [0.1, 0.15) is 18.9 Å². The molecule has 1 aromatic heterocycles. The summed E-state index contributed by atoms with van der Waals surface area (Å²) in [5.41, 5.74) is -0.469. The molecule has 0 amide bonds. The van der Waals surface area contributed by atoms with Gasteiger partial charge >= 0.3 is 0 Å². The summed E-state index contributed by atoms with van der Waals surface area (Å²) < 4.78 is 1.83. The van der Waals surface area contributed by atoms with Crippen LogP contribution in [0.5, 0.6) is 0 Å². The topological polar surface area (TPSA) is 50.1 Å². The Bertz CT molecular complexity index is 574. The molecule has 0 bridgehead atoms. The molecule has 0 saturated heterocycles. The van der Waals surface area contributed by atoms with Crippen molar-refractivity contribution < 1.29 is 5.11 Å². The van der Waals surface area contributed by atoms with E-state index in [0.29, 0.717) is 28.7 Å². The summed E-state index contributed by atoms with van der Waals surface area (Å²) >= 11 is 12.2. The summed E-state index contributed by atoms with van der Waals surface area (Å²) in [5.74, 6) is 0. The number of hydrogen-bond donors (Lipinski definition) is 2. The van der Waals surface area contributed by atoms with Crippen LogP contribution < -0.4 is 5.32 Å². The first-order valence-electron chi connectivity index (χ1n) is 6.89. The summed E-state index contributed by atoms with van der Waals surface area (Å²) in [6.07, 6.45) is 6.17. The lowest BCUT2D eigenvalue weighted by molar-refractivity contribution is 0.0191. The highest BCUT2D eigenvalue weighted by Crippen LogP contribution is 2.31. The molecule has 0 aliphatic carbocycles. The van der Waals surface area contributed by atoms with E-state index >= 15 is 0 Å². The Hall–Kier alpha value is -1.07. The lowest BCUT2D eigenvalue weighted by Gasteiger charge is -2.30. The monoisotopic (exact) mass is 327 g/mol. The summed E-state index contributed by atoms with van der Waals surface area (Å²) in [7, 11) is 0. The molecule has 21 heavy (non-hydrogen) atoms. The molecule has 1 heterocycles. The van der Waals surface area contributed by atoms with Crippen LogP contribution in [0.2, 0.25) is 10.0 Å². The smallest absolute Gasteiger partial charge is 0.121 e. The molecule has 114 valence electrons.